The number of nitrogens with one attached hydrogen (secondary N) is 1. The van der Waals surface area contributed by atoms with Crippen LogP contribution in [0.15, 0.2) is 53.3 Å². The summed E-state index contributed by atoms with van der Waals surface area (Å²) in [4.78, 5) is 33.8. The number of amides is 1. The third-order valence-corrected chi connectivity index (χ3v) is 6.31. The Kier molecular flexibility index (Phi) is 3.66. The third kappa shape index (κ3) is 2.65. The van der Waals surface area contributed by atoms with Crippen LogP contribution in [-0.4, -0.2) is 33.9 Å². The highest BCUT2D eigenvalue weighted by Crippen LogP contribution is 2.59. The maximum atomic E-state index is 12.9. The van der Waals surface area contributed by atoms with Gasteiger partial charge in [-0.05, 0) is 43.5 Å². The van der Waals surface area contributed by atoms with Crippen molar-refractivity contribution in [2.45, 2.75) is 25.2 Å². The third-order valence-electron chi connectivity index (χ3n) is 6.31. The molecule has 6 nitrogen and oxygen atoms in total. The summed E-state index contributed by atoms with van der Waals surface area (Å²) >= 11 is 0. The summed E-state index contributed by atoms with van der Waals surface area (Å²) in [7, 11) is 0. The van der Waals surface area contributed by atoms with Gasteiger partial charge in [0, 0.05) is 24.1 Å². The first-order valence-electron chi connectivity index (χ1n) is 9.71. The van der Waals surface area contributed by atoms with Crippen LogP contribution < -0.4 is 5.56 Å². The number of aromatic amines is 1. The molecular weight excluding hydrogens is 364 g/mol. The molecule has 0 unspecified atom stereocenters. The lowest BCUT2D eigenvalue weighted by atomic mass is 9.48. The number of hydrogen-bond acceptors (Lipinski definition) is 4. The zero-order valence-electron chi connectivity index (χ0n) is 16.1. The molecule has 1 aliphatic carbocycles. The quantitative estimate of drug-likeness (QED) is 0.736. The van der Waals surface area contributed by atoms with Crippen LogP contribution in [0, 0.1) is 23.7 Å². The van der Waals surface area contributed by atoms with Crippen LogP contribution in [0.1, 0.15) is 34.6 Å². The molecule has 3 aromatic rings. The normalized spacial score (nSPS) is 18.7. The lowest BCUT2D eigenvalue weighted by Crippen LogP contribution is -2.67. The lowest BCUT2D eigenvalue weighted by molar-refractivity contribution is -0.0753. The van der Waals surface area contributed by atoms with E-state index in [4.69, 9.17) is 0 Å². The Morgan fingerprint density at radius 2 is 1.90 bits per heavy atom. The summed E-state index contributed by atoms with van der Waals surface area (Å²) in [5.41, 5.74) is 1.56. The number of carbonyl (C=O) groups is 1. The number of fused-ring (bicyclic) bond motifs is 1. The Morgan fingerprint density at radius 1 is 1.17 bits per heavy atom. The zero-order valence-corrected chi connectivity index (χ0v) is 16.1. The first kappa shape index (κ1) is 17.6. The number of likely N-dealkylation sites (tertiary alicyclic amines) is 1. The van der Waals surface area contributed by atoms with Gasteiger partial charge in [0.25, 0.3) is 11.5 Å². The van der Waals surface area contributed by atoms with E-state index >= 15 is 0 Å². The van der Waals surface area contributed by atoms with Crippen molar-refractivity contribution in [2.24, 2.45) is 5.41 Å². The first-order valence-corrected chi connectivity index (χ1v) is 9.71. The molecule has 1 saturated carbocycles. The van der Waals surface area contributed by atoms with Crippen molar-refractivity contribution in [1.82, 2.24) is 14.9 Å². The van der Waals surface area contributed by atoms with Crippen LogP contribution in [0.3, 0.4) is 0 Å². The molecule has 5 rings (SSSR count). The van der Waals surface area contributed by atoms with Gasteiger partial charge >= 0.3 is 0 Å². The highest BCUT2D eigenvalue weighted by molar-refractivity contribution is 5.98. The number of carbonyl (C=O) groups excluding carboxylic acids is 1. The maximum Gasteiger partial charge on any atom is 0.258 e. The summed E-state index contributed by atoms with van der Waals surface area (Å²) in [5.74, 6) is 0.477. The summed E-state index contributed by atoms with van der Waals surface area (Å²) in [6.45, 7) is 3.06. The Balaban J connectivity index is 1.32. The minimum atomic E-state index is -0.429. The first-order chi connectivity index (χ1) is 13.9. The Labute approximate surface area is 167 Å². The second-order valence-corrected chi connectivity index (χ2v) is 8.46. The number of aryl methyl sites for hydroxylation is 1. The smallest absolute Gasteiger partial charge is 0.258 e. The van der Waals surface area contributed by atoms with Crippen molar-refractivity contribution < 1.29 is 4.79 Å². The highest BCUT2D eigenvalue weighted by atomic mass is 16.2. The Bertz CT molecular complexity index is 1230. The fourth-order valence-corrected chi connectivity index (χ4v) is 5.04. The van der Waals surface area contributed by atoms with Gasteiger partial charge in [0.05, 0.1) is 22.4 Å². The molecule has 0 atom stereocenters. The average molecular weight is 384 g/mol. The van der Waals surface area contributed by atoms with E-state index in [1.807, 2.05) is 35.2 Å². The Morgan fingerprint density at radius 3 is 2.59 bits per heavy atom. The number of H-pyrrole nitrogens is 1. The molecule has 2 aromatic carbocycles. The minimum Gasteiger partial charge on any atom is -0.337 e. The molecule has 1 spiro atoms. The van der Waals surface area contributed by atoms with Crippen molar-refractivity contribution >= 4 is 16.8 Å². The number of aromatic nitrogens is 2. The summed E-state index contributed by atoms with van der Waals surface area (Å²) in [6, 6.07) is 17.5. The molecule has 2 fully saturated rings. The standard InChI is InChI=1S/C23H20N4O2/c1-15-25-19-9-16(7-8-18(19)20(28)26-15)21(29)27-13-22(14-27)10-23(11-22,12-24)17-5-3-2-4-6-17/h2-9H,10-11,13-14H2,1H3,(H,25,26,28). The van der Waals surface area contributed by atoms with E-state index in [2.05, 4.69) is 16.0 Å². The number of benzene rings is 2. The van der Waals surface area contributed by atoms with E-state index < -0.39 is 5.41 Å². The number of rotatable bonds is 2. The summed E-state index contributed by atoms with van der Waals surface area (Å²) < 4.78 is 0. The second kappa shape index (κ2) is 6.02. The van der Waals surface area contributed by atoms with Gasteiger partial charge in [-0.15, -0.1) is 0 Å². The van der Waals surface area contributed by atoms with E-state index in [0.717, 1.165) is 18.4 Å². The molecule has 1 aromatic heterocycles. The predicted octanol–water partition coefficient (Wildman–Crippen LogP) is 2.93. The fourth-order valence-electron chi connectivity index (χ4n) is 5.04. The van der Waals surface area contributed by atoms with E-state index in [0.29, 0.717) is 35.4 Å². The lowest BCUT2D eigenvalue weighted by Gasteiger charge is -2.62. The maximum absolute atomic E-state index is 12.9. The van der Waals surface area contributed by atoms with Crippen LogP contribution >= 0.6 is 0 Å². The molecule has 29 heavy (non-hydrogen) atoms. The van der Waals surface area contributed by atoms with Crippen molar-refractivity contribution in [3.05, 3.63) is 75.8 Å². The van der Waals surface area contributed by atoms with Gasteiger partial charge in [-0.2, -0.15) is 5.26 Å². The number of nitriles is 1. The van der Waals surface area contributed by atoms with E-state index in [1.54, 1.807) is 25.1 Å². The van der Waals surface area contributed by atoms with Crippen LogP contribution in [0.25, 0.3) is 10.9 Å². The van der Waals surface area contributed by atoms with Gasteiger partial charge in [0.15, 0.2) is 0 Å². The molecule has 1 amide bonds. The van der Waals surface area contributed by atoms with E-state index in [-0.39, 0.29) is 16.9 Å². The molecule has 2 aliphatic rings. The van der Waals surface area contributed by atoms with Gasteiger partial charge < -0.3 is 9.88 Å². The van der Waals surface area contributed by atoms with Crippen molar-refractivity contribution in [3.8, 4) is 6.07 Å². The monoisotopic (exact) mass is 384 g/mol. The van der Waals surface area contributed by atoms with E-state index in [1.165, 1.54) is 0 Å². The second-order valence-electron chi connectivity index (χ2n) is 8.46. The van der Waals surface area contributed by atoms with Crippen molar-refractivity contribution in [3.63, 3.8) is 0 Å². The van der Waals surface area contributed by atoms with E-state index in [9.17, 15) is 14.9 Å². The largest absolute Gasteiger partial charge is 0.337 e. The summed E-state index contributed by atoms with van der Waals surface area (Å²) in [6.07, 6.45) is 1.58. The van der Waals surface area contributed by atoms with Gasteiger partial charge in [0.2, 0.25) is 0 Å². The molecular formula is C23H20N4O2. The predicted molar refractivity (Wildman–Crippen MR) is 108 cm³/mol. The number of hydrogen-bond donors (Lipinski definition) is 1. The SMILES string of the molecule is Cc1nc2cc(C(=O)N3CC4(C3)CC(C#N)(c3ccccc3)C4)ccc2c(=O)[nH]1. The molecule has 144 valence electrons. The van der Waals surface area contributed by atoms with Crippen molar-refractivity contribution in [1.29, 1.82) is 5.26 Å². The molecule has 1 N–H and O–H groups in total. The van der Waals surface area contributed by atoms with Crippen LogP contribution in [-0.2, 0) is 5.41 Å². The van der Waals surface area contributed by atoms with Gasteiger partial charge in [0.1, 0.15) is 5.82 Å². The topological polar surface area (TPSA) is 89.8 Å². The molecule has 1 aliphatic heterocycles. The van der Waals surface area contributed by atoms with Crippen LogP contribution in [0.2, 0.25) is 0 Å². The number of nitrogens with zero attached hydrogens (tertiary/aromatic N) is 3. The van der Waals surface area contributed by atoms with Crippen LogP contribution in [0.4, 0.5) is 0 Å². The zero-order chi connectivity index (χ0) is 20.2. The molecule has 1 saturated heterocycles. The Hall–Kier alpha value is -3.46. The summed E-state index contributed by atoms with van der Waals surface area (Å²) in [5, 5.41) is 10.3. The average Bonchev–Trinajstić information content (AvgIpc) is 2.66. The van der Waals surface area contributed by atoms with Crippen molar-refractivity contribution in [2.75, 3.05) is 13.1 Å². The van der Waals surface area contributed by atoms with Gasteiger partial charge in [-0.1, -0.05) is 30.3 Å². The van der Waals surface area contributed by atoms with Gasteiger partial charge in [-0.3, -0.25) is 9.59 Å². The van der Waals surface area contributed by atoms with Gasteiger partial charge in [-0.25, -0.2) is 4.98 Å². The highest BCUT2D eigenvalue weighted by Gasteiger charge is 2.61. The molecule has 0 radical (unpaired) electrons. The molecule has 0 bridgehead atoms. The fraction of sp³-hybridized carbons (Fsp3) is 0.304. The van der Waals surface area contributed by atoms with Crippen LogP contribution in [0.5, 0.6) is 0 Å². The molecule has 6 heteroatoms. The minimum absolute atomic E-state index is 0.0457. The molecule has 2 heterocycles.